The molecule has 2 aromatic rings. The van der Waals surface area contributed by atoms with E-state index in [9.17, 15) is 18.0 Å². The van der Waals surface area contributed by atoms with Crippen molar-refractivity contribution in [2.75, 3.05) is 6.61 Å². The molecule has 0 aromatic heterocycles. The highest BCUT2D eigenvalue weighted by Gasteiger charge is 2.30. The van der Waals surface area contributed by atoms with Crippen LogP contribution in [-0.2, 0) is 11.3 Å². The molecule has 0 heterocycles. The maximum absolute atomic E-state index is 12.1. The Morgan fingerprint density at radius 1 is 1.08 bits per heavy atom. The quantitative estimate of drug-likeness (QED) is 0.819. The van der Waals surface area contributed by atoms with E-state index in [0.29, 0.717) is 11.3 Å². The molecule has 0 bridgehead atoms. The van der Waals surface area contributed by atoms with Crippen LogP contribution in [0.25, 0.3) is 0 Å². The largest absolute Gasteiger partial charge is 0.573 e. The molecule has 0 fully saturated rings. The van der Waals surface area contributed by atoms with Crippen molar-refractivity contribution in [2.45, 2.75) is 26.3 Å². The number of carbonyl (C=O) groups is 1. The Morgan fingerprint density at radius 3 is 2.44 bits per heavy atom. The molecule has 0 radical (unpaired) electrons. The summed E-state index contributed by atoms with van der Waals surface area (Å²) in [4.78, 5) is 11.8. The number of halogens is 3. The lowest BCUT2D eigenvalue weighted by atomic mass is 10.2. The topological polar surface area (TPSA) is 47.6 Å². The third kappa shape index (κ3) is 7.15. The van der Waals surface area contributed by atoms with Gasteiger partial charge >= 0.3 is 6.36 Å². The Balaban J connectivity index is 1.71. The van der Waals surface area contributed by atoms with Gasteiger partial charge in [-0.2, -0.15) is 0 Å². The van der Waals surface area contributed by atoms with E-state index in [1.54, 1.807) is 0 Å². The molecule has 0 spiro atoms. The van der Waals surface area contributed by atoms with Crippen LogP contribution in [0.5, 0.6) is 11.5 Å². The summed E-state index contributed by atoms with van der Waals surface area (Å²) in [6, 6.07) is 12.8. The fraction of sp³-hybridized carbons (Fsp3) is 0.278. The minimum Gasteiger partial charge on any atom is -0.493 e. The van der Waals surface area contributed by atoms with Gasteiger partial charge in [0.25, 0.3) is 0 Å². The standard InChI is InChI=1S/C18H18F3NO3/c1-13-3-2-4-16(11-13)24-10-9-17(23)22-12-14-5-7-15(8-6-14)25-18(19,20)21/h2-8,11H,9-10,12H2,1H3,(H,22,23). The number of aryl methyl sites for hydroxylation is 1. The number of hydrogen-bond acceptors (Lipinski definition) is 3. The van der Waals surface area contributed by atoms with Crippen molar-refractivity contribution in [1.82, 2.24) is 5.32 Å². The average molecular weight is 353 g/mol. The van der Waals surface area contributed by atoms with Crippen molar-refractivity contribution >= 4 is 5.91 Å². The number of ether oxygens (including phenoxy) is 2. The molecule has 0 aliphatic heterocycles. The second-order valence-corrected chi connectivity index (χ2v) is 5.38. The van der Waals surface area contributed by atoms with E-state index >= 15 is 0 Å². The molecule has 2 aromatic carbocycles. The van der Waals surface area contributed by atoms with Gasteiger partial charge in [0.1, 0.15) is 11.5 Å². The van der Waals surface area contributed by atoms with Gasteiger partial charge in [0, 0.05) is 6.54 Å². The SMILES string of the molecule is Cc1cccc(OCCC(=O)NCc2ccc(OC(F)(F)F)cc2)c1. The van der Waals surface area contributed by atoms with Crippen molar-refractivity contribution < 1.29 is 27.4 Å². The van der Waals surface area contributed by atoms with Gasteiger partial charge in [0.05, 0.1) is 13.0 Å². The Morgan fingerprint density at radius 2 is 1.80 bits per heavy atom. The van der Waals surface area contributed by atoms with Crippen LogP contribution in [0.15, 0.2) is 48.5 Å². The number of hydrogen-bond donors (Lipinski definition) is 1. The van der Waals surface area contributed by atoms with Gasteiger partial charge in [-0.25, -0.2) is 0 Å². The van der Waals surface area contributed by atoms with E-state index in [1.807, 2.05) is 31.2 Å². The fourth-order valence-corrected chi connectivity index (χ4v) is 2.06. The number of benzene rings is 2. The first-order chi connectivity index (χ1) is 11.8. The van der Waals surface area contributed by atoms with E-state index < -0.39 is 6.36 Å². The van der Waals surface area contributed by atoms with Crippen LogP contribution >= 0.6 is 0 Å². The maximum atomic E-state index is 12.1. The lowest BCUT2D eigenvalue weighted by Gasteiger charge is -2.10. The summed E-state index contributed by atoms with van der Waals surface area (Å²) in [6.45, 7) is 2.41. The highest BCUT2D eigenvalue weighted by molar-refractivity contribution is 5.76. The van der Waals surface area contributed by atoms with Gasteiger partial charge in [-0.05, 0) is 42.3 Å². The zero-order chi connectivity index (χ0) is 18.3. The third-order valence-corrected chi connectivity index (χ3v) is 3.23. The minimum atomic E-state index is -4.72. The van der Waals surface area contributed by atoms with Gasteiger partial charge in [0.2, 0.25) is 5.91 Å². The van der Waals surface area contributed by atoms with Gasteiger partial charge < -0.3 is 14.8 Å². The van der Waals surface area contributed by atoms with Crippen molar-refractivity contribution in [3.63, 3.8) is 0 Å². The molecular weight excluding hydrogens is 335 g/mol. The molecule has 0 saturated carbocycles. The summed E-state index contributed by atoms with van der Waals surface area (Å²) in [7, 11) is 0. The molecule has 134 valence electrons. The van der Waals surface area contributed by atoms with Crippen LogP contribution in [0.3, 0.4) is 0 Å². The molecule has 4 nitrogen and oxygen atoms in total. The monoisotopic (exact) mass is 353 g/mol. The first-order valence-electron chi connectivity index (χ1n) is 7.63. The summed E-state index contributed by atoms with van der Waals surface area (Å²) in [5, 5.41) is 2.68. The first kappa shape index (κ1) is 18.6. The summed E-state index contributed by atoms with van der Waals surface area (Å²) in [5.41, 5.74) is 1.74. The van der Waals surface area contributed by atoms with E-state index in [0.717, 1.165) is 5.56 Å². The average Bonchev–Trinajstić information content (AvgIpc) is 2.53. The maximum Gasteiger partial charge on any atom is 0.573 e. The Hall–Kier alpha value is -2.70. The van der Waals surface area contributed by atoms with Crippen LogP contribution in [-0.4, -0.2) is 18.9 Å². The smallest absolute Gasteiger partial charge is 0.493 e. The van der Waals surface area contributed by atoms with E-state index in [2.05, 4.69) is 10.1 Å². The number of alkyl halides is 3. The first-order valence-corrected chi connectivity index (χ1v) is 7.63. The van der Waals surface area contributed by atoms with Crippen LogP contribution in [0, 0.1) is 6.92 Å². The molecule has 25 heavy (non-hydrogen) atoms. The molecule has 7 heteroatoms. The molecule has 0 aliphatic rings. The van der Waals surface area contributed by atoms with Crippen molar-refractivity contribution in [1.29, 1.82) is 0 Å². The minimum absolute atomic E-state index is 0.184. The van der Waals surface area contributed by atoms with Crippen LogP contribution in [0.2, 0.25) is 0 Å². The van der Waals surface area contributed by atoms with E-state index in [1.165, 1.54) is 24.3 Å². The van der Waals surface area contributed by atoms with E-state index in [-0.39, 0.29) is 31.2 Å². The number of carbonyl (C=O) groups excluding carboxylic acids is 1. The Kier molecular flexibility index (Phi) is 6.27. The Bertz CT molecular complexity index is 699. The molecule has 0 saturated heterocycles. The van der Waals surface area contributed by atoms with Gasteiger partial charge in [-0.1, -0.05) is 24.3 Å². The highest BCUT2D eigenvalue weighted by Crippen LogP contribution is 2.22. The Labute approximate surface area is 143 Å². The summed E-state index contributed by atoms with van der Waals surface area (Å²) >= 11 is 0. The van der Waals surface area contributed by atoms with Gasteiger partial charge in [-0.3, -0.25) is 4.79 Å². The second-order valence-electron chi connectivity index (χ2n) is 5.38. The van der Waals surface area contributed by atoms with Crippen molar-refractivity contribution in [3.8, 4) is 11.5 Å². The van der Waals surface area contributed by atoms with Crippen LogP contribution < -0.4 is 14.8 Å². The molecule has 0 aliphatic carbocycles. The molecule has 2 rings (SSSR count). The number of rotatable bonds is 7. The van der Waals surface area contributed by atoms with Gasteiger partial charge in [0.15, 0.2) is 0 Å². The summed E-state index contributed by atoms with van der Waals surface area (Å²) < 4.78 is 45.5. The van der Waals surface area contributed by atoms with Crippen molar-refractivity contribution in [2.24, 2.45) is 0 Å². The highest BCUT2D eigenvalue weighted by atomic mass is 19.4. The van der Waals surface area contributed by atoms with Crippen LogP contribution in [0.4, 0.5) is 13.2 Å². The van der Waals surface area contributed by atoms with Crippen molar-refractivity contribution in [3.05, 3.63) is 59.7 Å². The van der Waals surface area contributed by atoms with Gasteiger partial charge in [-0.15, -0.1) is 13.2 Å². The normalized spacial score (nSPS) is 11.0. The third-order valence-electron chi connectivity index (χ3n) is 3.23. The number of amides is 1. The lowest BCUT2D eigenvalue weighted by Crippen LogP contribution is -2.24. The summed E-state index contributed by atoms with van der Waals surface area (Å²) in [5.74, 6) is 0.199. The lowest BCUT2D eigenvalue weighted by molar-refractivity contribution is -0.274. The van der Waals surface area contributed by atoms with E-state index in [4.69, 9.17) is 4.74 Å². The molecular formula is C18H18F3NO3. The molecule has 0 unspecified atom stereocenters. The predicted molar refractivity (Wildman–Crippen MR) is 86.3 cm³/mol. The predicted octanol–water partition coefficient (Wildman–Crippen LogP) is 3.98. The zero-order valence-corrected chi connectivity index (χ0v) is 13.6. The molecule has 1 amide bonds. The molecule has 0 atom stereocenters. The summed E-state index contributed by atoms with van der Waals surface area (Å²) in [6.07, 6.45) is -4.53. The second kappa shape index (κ2) is 8.41. The van der Waals surface area contributed by atoms with Crippen LogP contribution in [0.1, 0.15) is 17.5 Å². The fourth-order valence-electron chi connectivity index (χ4n) is 2.06. The zero-order valence-electron chi connectivity index (χ0n) is 13.6. The number of nitrogens with one attached hydrogen (secondary N) is 1. The molecule has 1 N–H and O–H groups in total.